The van der Waals surface area contributed by atoms with Gasteiger partial charge in [-0.3, -0.25) is 13.9 Å². The van der Waals surface area contributed by atoms with Crippen LogP contribution in [0.25, 0.3) is 0 Å². The Morgan fingerprint density at radius 2 is 1.64 bits per heavy atom. The topological polar surface area (TPSA) is 96.0 Å². The van der Waals surface area contributed by atoms with Gasteiger partial charge in [-0.2, -0.15) is 0 Å². The molecule has 3 aromatic rings. The summed E-state index contributed by atoms with van der Waals surface area (Å²) in [6.45, 7) is 3.45. The number of ether oxygens (including phenoxy) is 1. The molecule has 0 radical (unpaired) electrons. The Morgan fingerprint density at radius 3 is 2.21 bits per heavy atom. The van der Waals surface area contributed by atoms with Crippen molar-refractivity contribution >= 4 is 50.7 Å². The average Bonchev–Trinajstić information content (AvgIpc) is 2.93. The summed E-state index contributed by atoms with van der Waals surface area (Å²) in [7, 11) is -2.67. The molecule has 0 bridgehead atoms. The number of nitrogens with zero attached hydrogens (tertiary/aromatic N) is 2. The number of nitrogens with one attached hydrogen (secondary N) is 1. The van der Waals surface area contributed by atoms with E-state index in [9.17, 15) is 18.0 Å². The van der Waals surface area contributed by atoms with Crippen molar-refractivity contribution < 1.29 is 22.7 Å². The number of amides is 2. The van der Waals surface area contributed by atoms with Crippen molar-refractivity contribution in [1.29, 1.82) is 0 Å². The summed E-state index contributed by atoms with van der Waals surface area (Å²) in [5.74, 6) is -0.261. The number of methoxy groups -OCH3 is 1. The van der Waals surface area contributed by atoms with Gasteiger partial charge >= 0.3 is 0 Å². The Hall–Kier alpha value is -3.27. The molecular weight excluding hydrogens is 561 g/mol. The standard InChI is InChI=1S/C28H31Cl2N3O5S/c1-4-25(28(35)31-5-2)32(18-20-11-14-22(38-3)15-12-20)27(34)19-33(26-16-13-21(29)17-24(26)30)39(36,37)23-9-7-6-8-10-23/h6-17,25H,4-5,18-19H2,1-3H3,(H,31,35)/t25-/m0/s1. The minimum Gasteiger partial charge on any atom is -0.497 e. The first-order chi connectivity index (χ1) is 18.6. The van der Waals surface area contributed by atoms with Crippen molar-refractivity contribution in [3.8, 4) is 5.75 Å². The van der Waals surface area contributed by atoms with Gasteiger partial charge in [0.2, 0.25) is 11.8 Å². The van der Waals surface area contributed by atoms with Crippen LogP contribution >= 0.6 is 23.2 Å². The predicted octanol–water partition coefficient (Wildman–Crippen LogP) is 5.14. The molecule has 8 nitrogen and oxygen atoms in total. The first-order valence-corrected chi connectivity index (χ1v) is 14.5. The number of sulfonamides is 1. The lowest BCUT2D eigenvalue weighted by Gasteiger charge is -2.33. The second-order valence-corrected chi connectivity index (χ2v) is 11.3. The van der Waals surface area contributed by atoms with E-state index in [0.29, 0.717) is 23.7 Å². The molecule has 0 spiro atoms. The van der Waals surface area contributed by atoms with Gasteiger partial charge in [0.1, 0.15) is 18.3 Å². The molecule has 0 aromatic heterocycles. The maximum Gasteiger partial charge on any atom is 0.264 e. The Kier molecular flexibility index (Phi) is 10.6. The fourth-order valence-corrected chi connectivity index (χ4v) is 6.07. The monoisotopic (exact) mass is 591 g/mol. The molecule has 3 rings (SSSR count). The third-order valence-electron chi connectivity index (χ3n) is 6.04. The SMILES string of the molecule is CCNC(=O)[C@H](CC)N(Cc1ccc(OC)cc1)C(=O)CN(c1ccc(Cl)cc1Cl)S(=O)(=O)c1ccccc1. The molecule has 0 saturated carbocycles. The van der Waals surface area contributed by atoms with Crippen LogP contribution in [0.2, 0.25) is 10.0 Å². The summed E-state index contributed by atoms with van der Waals surface area (Å²) in [5, 5.41) is 3.15. The largest absolute Gasteiger partial charge is 0.497 e. The Morgan fingerprint density at radius 1 is 0.974 bits per heavy atom. The number of anilines is 1. The number of rotatable bonds is 12. The lowest BCUT2D eigenvalue weighted by molar-refractivity contribution is -0.140. The van der Waals surface area contributed by atoms with Crippen LogP contribution in [0.15, 0.2) is 77.7 Å². The summed E-state index contributed by atoms with van der Waals surface area (Å²) >= 11 is 12.5. The van der Waals surface area contributed by atoms with Crippen LogP contribution in [0.1, 0.15) is 25.8 Å². The molecule has 0 aliphatic carbocycles. The molecule has 3 aromatic carbocycles. The van der Waals surface area contributed by atoms with Gasteiger partial charge in [-0.15, -0.1) is 0 Å². The van der Waals surface area contributed by atoms with E-state index >= 15 is 0 Å². The number of halogens is 2. The van der Waals surface area contributed by atoms with Crippen molar-refractivity contribution in [2.75, 3.05) is 24.5 Å². The molecule has 39 heavy (non-hydrogen) atoms. The molecule has 1 atom stereocenters. The number of benzene rings is 3. The summed E-state index contributed by atoms with van der Waals surface area (Å²) in [6, 6.07) is 18.4. The molecule has 0 heterocycles. The van der Waals surface area contributed by atoms with Crippen LogP contribution in [0.3, 0.4) is 0 Å². The van der Waals surface area contributed by atoms with Crippen LogP contribution < -0.4 is 14.4 Å². The van der Waals surface area contributed by atoms with E-state index in [1.54, 1.807) is 63.4 Å². The van der Waals surface area contributed by atoms with E-state index in [1.807, 2.05) is 0 Å². The van der Waals surface area contributed by atoms with Gasteiger partial charge in [-0.25, -0.2) is 8.42 Å². The number of carbonyl (C=O) groups excluding carboxylic acids is 2. The maximum absolute atomic E-state index is 14.0. The number of hydrogen-bond donors (Lipinski definition) is 1. The van der Waals surface area contributed by atoms with Crippen LogP contribution in [0, 0.1) is 0 Å². The number of hydrogen-bond acceptors (Lipinski definition) is 5. The van der Waals surface area contributed by atoms with Gasteiger partial charge in [-0.05, 0) is 61.4 Å². The normalized spacial score (nSPS) is 11.9. The summed E-state index contributed by atoms with van der Waals surface area (Å²) in [6.07, 6.45) is 0.320. The number of likely N-dealkylation sites (N-methyl/N-ethyl adjacent to an activating group) is 1. The molecule has 0 saturated heterocycles. The molecule has 0 fully saturated rings. The van der Waals surface area contributed by atoms with Crippen molar-refractivity contribution in [1.82, 2.24) is 10.2 Å². The van der Waals surface area contributed by atoms with E-state index in [0.717, 1.165) is 9.87 Å². The Balaban J connectivity index is 2.07. The highest BCUT2D eigenvalue weighted by atomic mass is 35.5. The highest BCUT2D eigenvalue weighted by Crippen LogP contribution is 2.33. The van der Waals surface area contributed by atoms with Gasteiger partial charge in [0.15, 0.2) is 0 Å². The van der Waals surface area contributed by atoms with Crippen LogP contribution in [-0.2, 0) is 26.2 Å². The van der Waals surface area contributed by atoms with E-state index in [1.165, 1.54) is 35.2 Å². The predicted molar refractivity (Wildman–Crippen MR) is 154 cm³/mol. The average molecular weight is 593 g/mol. The minimum absolute atomic E-state index is 0.0127. The number of carbonyl (C=O) groups is 2. The van der Waals surface area contributed by atoms with E-state index in [-0.39, 0.29) is 28.1 Å². The first-order valence-electron chi connectivity index (χ1n) is 12.3. The molecule has 0 aliphatic heterocycles. The maximum atomic E-state index is 14.0. The first kappa shape index (κ1) is 30.3. The summed E-state index contributed by atoms with van der Waals surface area (Å²) in [4.78, 5) is 28.3. The third-order valence-corrected chi connectivity index (χ3v) is 8.35. The van der Waals surface area contributed by atoms with Crippen LogP contribution in [0.5, 0.6) is 5.75 Å². The van der Waals surface area contributed by atoms with Crippen LogP contribution in [-0.4, -0.2) is 51.4 Å². The quantitative estimate of drug-likeness (QED) is 0.314. The summed E-state index contributed by atoms with van der Waals surface area (Å²) < 4.78 is 33.8. The zero-order valence-electron chi connectivity index (χ0n) is 21.9. The van der Waals surface area contributed by atoms with Gasteiger partial charge < -0.3 is 15.0 Å². The fraction of sp³-hybridized carbons (Fsp3) is 0.286. The lowest BCUT2D eigenvalue weighted by Crippen LogP contribution is -2.52. The Bertz CT molecular complexity index is 1390. The van der Waals surface area contributed by atoms with E-state index in [2.05, 4.69) is 5.32 Å². The molecular formula is C28H31Cl2N3O5S. The third kappa shape index (κ3) is 7.44. The van der Waals surface area contributed by atoms with Gasteiger partial charge in [-0.1, -0.05) is 60.5 Å². The van der Waals surface area contributed by atoms with Crippen molar-refractivity contribution in [2.45, 2.75) is 37.8 Å². The Labute approximate surface area is 239 Å². The second kappa shape index (κ2) is 13.7. The smallest absolute Gasteiger partial charge is 0.264 e. The fourth-order valence-electron chi connectivity index (χ4n) is 4.06. The molecule has 2 amide bonds. The van der Waals surface area contributed by atoms with E-state index < -0.39 is 28.5 Å². The van der Waals surface area contributed by atoms with E-state index in [4.69, 9.17) is 27.9 Å². The van der Waals surface area contributed by atoms with Gasteiger partial charge in [0, 0.05) is 18.1 Å². The molecule has 11 heteroatoms. The zero-order chi connectivity index (χ0) is 28.6. The molecule has 1 N–H and O–H groups in total. The van der Waals surface area contributed by atoms with Gasteiger partial charge in [0.05, 0.1) is 22.7 Å². The molecule has 0 unspecified atom stereocenters. The zero-order valence-corrected chi connectivity index (χ0v) is 24.3. The minimum atomic E-state index is -4.22. The van der Waals surface area contributed by atoms with Crippen molar-refractivity contribution in [2.24, 2.45) is 0 Å². The van der Waals surface area contributed by atoms with Gasteiger partial charge in [0.25, 0.3) is 10.0 Å². The highest BCUT2D eigenvalue weighted by molar-refractivity contribution is 7.92. The lowest BCUT2D eigenvalue weighted by atomic mass is 10.1. The van der Waals surface area contributed by atoms with Crippen molar-refractivity contribution in [3.05, 3.63) is 88.4 Å². The van der Waals surface area contributed by atoms with Crippen LogP contribution in [0.4, 0.5) is 5.69 Å². The highest BCUT2D eigenvalue weighted by Gasteiger charge is 2.34. The molecule has 208 valence electrons. The van der Waals surface area contributed by atoms with Crippen molar-refractivity contribution in [3.63, 3.8) is 0 Å². The second-order valence-electron chi connectivity index (χ2n) is 8.61. The summed E-state index contributed by atoms with van der Waals surface area (Å²) in [5.41, 5.74) is 0.836. The molecule has 0 aliphatic rings.